The predicted molar refractivity (Wildman–Crippen MR) is 72.9 cm³/mol. The lowest BCUT2D eigenvalue weighted by Gasteiger charge is -2.18. The summed E-state index contributed by atoms with van der Waals surface area (Å²) in [5.74, 6) is 1.47. The van der Waals surface area contributed by atoms with Gasteiger partial charge in [-0.15, -0.1) is 0 Å². The number of rotatable bonds is 3. The smallest absolute Gasteiger partial charge is 0.224 e. The van der Waals surface area contributed by atoms with E-state index >= 15 is 0 Å². The summed E-state index contributed by atoms with van der Waals surface area (Å²) >= 11 is 6.22. The number of anilines is 1. The van der Waals surface area contributed by atoms with Crippen LogP contribution in [0, 0.1) is 5.92 Å². The van der Waals surface area contributed by atoms with Gasteiger partial charge in [0.15, 0.2) is 0 Å². The summed E-state index contributed by atoms with van der Waals surface area (Å²) < 4.78 is 0. The molecule has 4 nitrogen and oxygen atoms in total. The minimum atomic E-state index is 0.621. The van der Waals surface area contributed by atoms with Gasteiger partial charge in [0.2, 0.25) is 5.95 Å². The third kappa shape index (κ3) is 2.59. The highest BCUT2D eigenvalue weighted by molar-refractivity contribution is 6.30. The van der Waals surface area contributed by atoms with Crippen molar-refractivity contribution in [1.29, 1.82) is 0 Å². The molecule has 3 rings (SSSR count). The highest BCUT2D eigenvalue weighted by Crippen LogP contribution is 2.25. The van der Waals surface area contributed by atoms with Crippen molar-refractivity contribution in [3.05, 3.63) is 16.4 Å². The zero-order valence-corrected chi connectivity index (χ0v) is 11.3. The Balaban J connectivity index is 1.70. The van der Waals surface area contributed by atoms with Crippen LogP contribution in [0.2, 0.25) is 5.15 Å². The van der Waals surface area contributed by atoms with Crippen LogP contribution < -0.4 is 10.6 Å². The van der Waals surface area contributed by atoms with Gasteiger partial charge in [-0.25, -0.2) is 9.97 Å². The average molecular weight is 267 g/mol. The van der Waals surface area contributed by atoms with Gasteiger partial charge in [0.05, 0.1) is 5.69 Å². The van der Waals surface area contributed by atoms with Gasteiger partial charge >= 0.3 is 0 Å². The Bertz CT molecular complexity index is 429. The third-order valence-electron chi connectivity index (χ3n) is 3.91. The molecule has 1 aliphatic heterocycles. The molecule has 1 aliphatic carbocycles. The normalized spacial score (nSPS) is 19.8. The lowest BCUT2D eigenvalue weighted by Crippen LogP contribution is -2.26. The summed E-state index contributed by atoms with van der Waals surface area (Å²) in [6.45, 7) is 2.74. The van der Waals surface area contributed by atoms with Crippen LogP contribution >= 0.6 is 11.6 Å². The number of hydrogen-bond acceptors (Lipinski definition) is 4. The van der Waals surface area contributed by atoms with E-state index in [1.165, 1.54) is 25.7 Å². The minimum Gasteiger partial charge on any atom is -0.354 e. The molecule has 0 amide bonds. The summed E-state index contributed by atoms with van der Waals surface area (Å²) in [4.78, 5) is 8.93. The topological polar surface area (TPSA) is 49.8 Å². The first-order chi connectivity index (χ1) is 8.83. The average Bonchev–Trinajstić information content (AvgIpc) is 2.90. The fraction of sp³-hybridized carbons (Fsp3) is 0.692. The second-order valence-electron chi connectivity index (χ2n) is 5.22. The van der Waals surface area contributed by atoms with Crippen molar-refractivity contribution < 1.29 is 0 Å². The van der Waals surface area contributed by atoms with Crippen LogP contribution in [0.25, 0.3) is 0 Å². The highest BCUT2D eigenvalue weighted by atomic mass is 35.5. The Labute approximate surface area is 113 Å². The Morgan fingerprint density at radius 2 is 2.11 bits per heavy atom. The molecule has 2 heterocycles. The molecule has 98 valence electrons. The van der Waals surface area contributed by atoms with Crippen LogP contribution in [0.1, 0.15) is 36.9 Å². The Kier molecular flexibility index (Phi) is 3.66. The lowest BCUT2D eigenvalue weighted by molar-refractivity contribution is 0.575. The number of hydrogen-bond donors (Lipinski definition) is 2. The van der Waals surface area contributed by atoms with Crippen LogP contribution in [0.3, 0.4) is 0 Å². The quantitative estimate of drug-likeness (QED) is 0.825. The molecule has 0 aromatic carbocycles. The van der Waals surface area contributed by atoms with Crippen molar-refractivity contribution >= 4 is 17.5 Å². The number of nitrogens with one attached hydrogen (secondary N) is 2. The zero-order chi connectivity index (χ0) is 12.4. The van der Waals surface area contributed by atoms with Crippen molar-refractivity contribution in [2.75, 3.05) is 18.4 Å². The zero-order valence-electron chi connectivity index (χ0n) is 10.5. The Morgan fingerprint density at radius 3 is 2.94 bits per heavy atom. The van der Waals surface area contributed by atoms with Gasteiger partial charge in [-0.1, -0.05) is 24.4 Å². The van der Waals surface area contributed by atoms with Crippen LogP contribution in [0.15, 0.2) is 0 Å². The van der Waals surface area contributed by atoms with Crippen molar-refractivity contribution in [3.63, 3.8) is 0 Å². The van der Waals surface area contributed by atoms with Gasteiger partial charge in [0.1, 0.15) is 5.15 Å². The van der Waals surface area contributed by atoms with Crippen molar-refractivity contribution in [2.45, 2.75) is 38.6 Å². The maximum atomic E-state index is 6.22. The molecule has 0 spiro atoms. The van der Waals surface area contributed by atoms with Crippen LogP contribution in [0.5, 0.6) is 0 Å². The fourth-order valence-electron chi connectivity index (χ4n) is 2.84. The molecule has 5 heteroatoms. The van der Waals surface area contributed by atoms with E-state index in [9.17, 15) is 0 Å². The first-order valence-corrected chi connectivity index (χ1v) is 7.20. The number of nitrogens with zero attached hydrogens (tertiary/aromatic N) is 2. The number of halogens is 1. The molecule has 0 radical (unpaired) electrons. The van der Waals surface area contributed by atoms with Gasteiger partial charge in [-0.05, 0) is 31.7 Å². The van der Waals surface area contributed by atoms with E-state index in [-0.39, 0.29) is 0 Å². The molecule has 2 aliphatic rings. The second kappa shape index (κ2) is 5.41. The molecule has 1 aromatic rings. The highest BCUT2D eigenvalue weighted by Gasteiger charge is 2.18. The van der Waals surface area contributed by atoms with E-state index in [1.54, 1.807) is 0 Å². The maximum absolute atomic E-state index is 6.22. The van der Waals surface area contributed by atoms with Crippen LogP contribution in [-0.4, -0.2) is 23.1 Å². The molecule has 1 saturated carbocycles. The number of aromatic nitrogens is 2. The molecule has 1 fully saturated rings. The van der Waals surface area contributed by atoms with Gasteiger partial charge in [-0.2, -0.15) is 0 Å². The summed E-state index contributed by atoms with van der Waals surface area (Å²) in [5, 5.41) is 7.28. The Hall–Kier alpha value is -0.870. The van der Waals surface area contributed by atoms with Crippen LogP contribution in [-0.2, 0) is 13.0 Å². The molecule has 2 N–H and O–H groups in total. The van der Waals surface area contributed by atoms with E-state index in [0.29, 0.717) is 11.1 Å². The molecule has 0 saturated heterocycles. The van der Waals surface area contributed by atoms with E-state index < -0.39 is 0 Å². The molecule has 0 bridgehead atoms. The SMILES string of the molecule is Clc1nc(NCC2CCCC2)nc2c1CCNC2. The minimum absolute atomic E-state index is 0.621. The van der Waals surface area contributed by atoms with Gasteiger partial charge in [0.25, 0.3) is 0 Å². The summed E-state index contributed by atoms with van der Waals surface area (Å²) in [7, 11) is 0. The first kappa shape index (κ1) is 12.2. The Morgan fingerprint density at radius 1 is 1.28 bits per heavy atom. The van der Waals surface area contributed by atoms with E-state index in [2.05, 4.69) is 20.6 Å². The largest absolute Gasteiger partial charge is 0.354 e. The third-order valence-corrected chi connectivity index (χ3v) is 4.22. The first-order valence-electron chi connectivity index (χ1n) is 6.83. The van der Waals surface area contributed by atoms with Gasteiger partial charge in [-0.3, -0.25) is 0 Å². The molecule has 0 atom stereocenters. The summed E-state index contributed by atoms with van der Waals surface area (Å²) in [5.41, 5.74) is 2.16. The lowest BCUT2D eigenvalue weighted by atomic mass is 10.1. The molecular formula is C13H19ClN4. The standard InChI is InChI=1S/C13H19ClN4/c14-12-10-5-6-15-8-11(10)17-13(18-12)16-7-9-3-1-2-4-9/h9,15H,1-8H2,(H,16,17,18). The number of fused-ring (bicyclic) bond motifs is 1. The van der Waals surface area contributed by atoms with Crippen LogP contribution in [0.4, 0.5) is 5.95 Å². The van der Waals surface area contributed by atoms with E-state index in [0.717, 1.165) is 43.2 Å². The summed E-state index contributed by atoms with van der Waals surface area (Å²) in [6, 6.07) is 0. The summed E-state index contributed by atoms with van der Waals surface area (Å²) in [6.07, 6.45) is 6.31. The van der Waals surface area contributed by atoms with E-state index in [1.807, 2.05) is 0 Å². The predicted octanol–water partition coefficient (Wildman–Crippen LogP) is 2.38. The van der Waals surface area contributed by atoms with Crippen molar-refractivity contribution in [1.82, 2.24) is 15.3 Å². The fourth-order valence-corrected chi connectivity index (χ4v) is 3.13. The molecular weight excluding hydrogens is 248 g/mol. The monoisotopic (exact) mass is 266 g/mol. The molecule has 0 unspecified atom stereocenters. The molecule has 1 aromatic heterocycles. The second-order valence-corrected chi connectivity index (χ2v) is 5.58. The van der Waals surface area contributed by atoms with Gasteiger partial charge < -0.3 is 10.6 Å². The molecule has 18 heavy (non-hydrogen) atoms. The maximum Gasteiger partial charge on any atom is 0.224 e. The van der Waals surface area contributed by atoms with E-state index in [4.69, 9.17) is 11.6 Å². The van der Waals surface area contributed by atoms with Gasteiger partial charge in [0, 0.05) is 18.7 Å². The van der Waals surface area contributed by atoms with Crippen molar-refractivity contribution in [3.8, 4) is 0 Å². The van der Waals surface area contributed by atoms with Crippen molar-refractivity contribution in [2.24, 2.45) is 5.92 Å².